The third-order valence-electron chi connectivity index (χ3n) is 2.55. The van der Waals surface area contributed by atoms with E-state index in [0.717, 1.165) is 17.5 Å². The van der Waals surface area contributed by atoms with Gasteiger partial charge in [0.25, 0.3) is 0 Å². The largest absolute Gasteiger partial charge is 0.508 e. The standard InChI is InChI=1S/C15H14O/c1-12(16)13-8-10-15(11-9-13)14-6-4-2-3-5-7-14/h2-4,6-11,16H,1,5H2. The lowest BCUT2D eigenvalue weighted by atomic mass is 10.0. The number of benzene rings is 1. The summed E-state index contributed by atoms with van der Waals surface area (Å²) in [5.41, 5.74) is 3.13. The molecule has 1 aromatic rings. The molecular weight excluding hydrogens is 196 g/mol. The van der Waals surface area contributed by atoms with Crippen molar-refractivity contribution in [3.8, 4) is 0 Å². The van der Waals surface area contributed by atoms with E-state index >= 15 is 0 Å². The van der Waals surface area contributed by atoms with Gasteiger partial charge in [-0.1, -0.05) is 61.2 Å². The summed E-state index contributed by atoms with van der Waals surface area (Å²) in [5, 5.41) is 9.24. The van der Waals surface area contributed by atoms with Crippen molar-refractivity contribution in [2.75, 3.05) is 0 Å². The lowest BCUT2D eigenvalue weighted by Gasteiger charge is -2.04. The molecule has 0 aliphatic heterocycles. The summed E-state index contributed by atoms with van der Waals surface area (Å²) >= 11 is 0. The van der Waals surface area contributed by atoms with Crippen LogP contribution < -0.4 is 0 Å². The minimum atomic E-state index is 0.110. The monoisotopic (exact) mass is 210 g/mol. The van der Waals surface area contributed by atoms with E-state index in [1.165, 1.54) is 5.57 Å². The molecule has 0 radical (unpaired) electrons. The Kier molecular flexibility index (Phi) is 3.06. The van der Waals surface area contributed by atoms with Crippen molar-refractivity contribution >= 4 is 11.3 Å². The van der Waals surface area contributed by atoms with Crippen molar-refractivity contribution in [3.05, 3.63) is 72.4 Å². The Bertz CT molecular complexity index is 473. The van der Waals surface area contributed by atoms with E-state index in [1.54, 1.807) is 0 Å². The van der Waals surface area contributed by atoms with Crippen LogP contribution in [-0.2, 0) is 0 Å². The Morgan fingerprint density at radius 3 is 2.56 bits per heavy atom. The molecular formula is C15H14O. The van der Waals surface area contributed by atoms with Crippen molar-refractivity contribution in [1.82, 2.24) is 0 Å². The van der Waals surface area contributed by atoms with E-state index in [9.17, 15) is 5.11 Å². The average Bonchev–Trinajstić information content (AvgIpc) is 2.57. The number of allylic oxidation sites excluding steroid dienone is 6. The lowest BCUT2D eigenvalue weighted by Crippen LogP contribution is -1.84. The second-order valence-electron chi connectivity index (χ2n) is 3.71. The molecule has 80 valence electrons. The van der Waals surface area contributed by atoms with Crippen LogP contribution >= 0.6 is 0 Å². The van der Waals surface area contributed by atoms with E-state index in [-0.39, 0.29) is 5.76 Å². The van der Waals surface area contributed by atoms with Gasteiger partial charge in [-0.2, -0.15) is 0 Å². The molecule has 0 saturated carbocycles. The maximum Gasteiger partial charge on any atom is 0.115 e. The summed E-state index contributed by atoms with van der Waals surface area (Å²) in [6.45, 7) is 3.50. The minimum absolute atomic E-state index is 0.110. The van der Waals surface area contributed by atoms with E-state index in [2.05, 4.69) is 24.8 Å². The van der Waals surface area contributed by atoms with Crippen LogP contribution in [0.25, 0.3) is 11.3 Å². The van der Waals surface area contributed by atoms with Crippen LogP contribution in [0.1, 0.15) is 17.5 Å². The summed E-state index contributed by atoms with van der Waals surface area (Å²) < 4.78 is 0. The predicted octanol–water partition coefficient (Wildman–Crippen LogP) is 4.11. The fourth-order valence-corrected chi connectivity index (χ4v) is 1.65. The maximum atomic E-state index is 9.24. The summed E-state index contributed by atoms with van der Waals surface area (Å²) in [6, 6.07) is 7.76. The van der Waals surface area contributed by atoms with E-state index in [1.807, 2.05) is 36.4 Å². The molecule has 0 bridgehead atoms. The Morgan fingerprint density at radius 1 is 1.12 bits per heavy atom. The van der Waals surface area contributed by atoms with Gasteiger partial charge in [-0.15, -0.1) is 0 Å². The summed E-state index contributed by atoms with van der Waals surface area (Å²) in [6.07, 6.45) is 11.4. The van der Waals surface area contributed by atoms with Crippen molar-refractivity contribution in [2.24, 2.45) is 0 Å². The first-order valence-electron chi connectivity index (χ1n) is 5.29. The Balaban J connectivity index is 2.28. The molecule has 0 atom stereocenters. The third kappa shape index (κ3) is 2.31. The van der Waals surface area contributed by atoms with Gasteiger partial charge in [0.05, 0.1) is 0 Å². The first-order valence-corrected chi connectivity index (χ1v) is 5.29. The number of aliphatic hydroxyl groups is 1. The number of hydrogen-bond acceptors (Lipinski definition) is 1. The van der Waals surface area contributed by atoms with Crippen LogP contribution in [0.3, 0.4) is 0 Å². The van der Waals surface area contributed by atoms with Crippen LogP contribution in [0, 0.1) is 0 Å². The number of hydrogen-bond donors (Lipinski definition) is 1. The highest BCUT2D eigenvalue weighted by Crippen LogP contribution is 2.20. The lowest BCUT2D eigenvalue weighted by molar-refractivity contribution is 0.514. The molecule has 16 heavy (non-hydrogen) atoms. The maximum absolute atomic E-state index is 9.24. The summed E-state index contributed by atoms with van der Waals surface area (Å²) in [7, 11) is 0. The summed E-state index contributed by atoms with van der Waals surface area (Å²) in [4.78, 5) is 0. The second kappa shape index (κ2) is 4.67. The van der Waals surface area contributed by atoms with Crippen molar-refractivity contribution < 1.29 is 5.11 Å². The van der Waals surface area contributed by atoms with Gasteiger partial charge in [-0.25, -0.2) is 0 Å². The van der Waals surface area contributed by atoms with Crippen LogP contribution in [0.4, 0.5) is 0 Å². The van der Waals surface area contributed by atoms with Gasteiger partial charge < -0.3 is 5.11 Å². The zero-order valence-corrected chi connectivity index (χ0v) is 9.06. The third-order valence-corrected chi connectivity index (χ3v) is 2.55. The topological polar surface area (TPSA) is 20.2 Å². The molecule has 0 spiro atoms. The van der Waals surface area contributed by atoms with Crippen LogP contribution in [0.5, 0.6) is 0 Å². The molecule has 0 fully saturated rings. The molecule has 1 aliphatic carbocycles. The average molecular weight is 210 g/mol. The van der Waals surface area contributed by atoms with Crippen LogP contribution in [0.15, 0.2) is 61.2 Å². The molecule has 0 saturated heterocycles. The molecule has 2 rings (SSSR count). The van der Waals surface area contributed by atoms with Gasteiger partial charge in [-0.05, 0) is 17.6 Å². The van der Waals surface area contributed by atoms with Gasteiger partial charge in [0.1, 0.15) is 5.76 Å². The fraction of sp³-hybridized carbons (Fsp3) is 0.0667. The normalized spacial score (nSPS) is 14.4. The van der Waals surface area contributed by atoms with Crippen LogP contribution in [0.2, 0.25) is 0 Å². The fourth-order valence-electron chi connectivity index (χ4n) is 1.65. The van der Waals surface area contributed by atoms with Gasteiger partial charge in [0.15, 0.2) is 0 Å². The summed E-state index contributed by atoms with van der Waals surface area (Å²) in [5.74, 6) is 0.110. The molecule has 0 amide bonds. The number of rotatable bonds is 2. The predicted molar refractivity (Wildman–Crippen MR) is 69.0 cm³/mol. The zero-order chi connectivity index (χ0) is 11.4. The molecule has 1 heteroatoms. The van der Waals surface area contributed by atoms with E-state index in [4.69, 9.17) is 0 Å². The smallest absolute Gasteiger partial charge is 0.115 e. The molecule has 1 nitrogen and oxygen atoms in total. The molecule has 1 N–H and O–H groups in total. The van der Waals surface area contributed by atoms with Crippen molar-refractivity contribution in [1.29, 1.82) is 0 Å². The van der Waals surface area contributed by atoms with Crippen molar-refractivity contribution in [3.63, 3.8) is 0 Å². The van der Waals surface area contributed by atoms with Gasteiger partial charge in [0, 0.05) is 5.56 Å². The highest BCUT2D eigenvalue weighted by molar-refractivity contribution is 5.75. The van der Waals surface area contributed by atoms with Crippen LogP contribution in [-0.4, -0.2) is 5.11 Å². The Morgan fingerprint density at radius 2 is 1.88 bits per heavy atom. The Labute approximate surface area is 95.7 Å². The van der Waals surface area contributed by atoms with E-state index in [0.29, 0.717) is 0 Å². The van der Waals surface area contributed by atoms with Crippen molar-refractivity contribution in [2.45, 2.75) is 6.42 Å². The first-order chi connectivity index (χ1) is 7.77. The highest BCUT2D eigenvalue weighted by atomic mass is 16.3. The first kappa shape index (κ1) is 10.5. The SMILES string of the molecule is C=C(O)c1ccc(C2=CCC=CC=C2)cc1. The minimum Gasteiger partial charge on any atom is -0.508 e. The molecule has 1 aromatic carbocycles. The molecule has 0 unspecified atom stereocenters. The van der Waals surface area contributed by atoms with Gasteiger partial charge in [-0.3, -0.25) is 0 Å². The van der Waals surface area contributed by atoms with Gasteiger partial charge in [0.2, 0.25) is 0 Å². The molecule has 0 aromatic heterocycles. The molecule has 1 aliphatic rings. The molecule has 0 heterocycles. The van der Waals surface area contributed by atoms with E-state index < -0.39 is 0 Å². The highest BCUT2D eigenvalue weighted by Gasteiger charge is 2.00. The quantitative estimate of drug-likeness (QED) is 0.728. The number of aliphatic hydroxyl groups excluding tert-OH is 1. The second-order valence-corrected chi connectivity index (χ2v) is 3.71. The zero-order valence-electron chi connectivity index (χ0n) is 9.06. The Hall–Kier alpha value is -2.02. The van der Waals surface area contributed by atoms with Gasteiger partial charge >= 0.3 is 0 Å².